The van der Waals surface area contributed by atoms with Crippen molar-refractivity contribution in [2.75, 3.05) is 12.4 Å². The second-order valence-electron chi connectivity index (χ2n) is 3.63. The van der Waals surface area contributed by atoms with Crippen molar-refractivity contribution in [1.29, 1.82) is 0 Å². The highest BCUT2D eigenvalue weighted by Crippen LogP contribution is 2.39. The van der Waals surface area contributed by atoms with Gasteiger partial charge in [-0.15, -0.1) is 0 Å². The Morgan fingerprint density at radius 2 is 2.19 bits per heavy atom. The summed E-state index contributed by atoms with van der Waals surface area (Å²) >= 11 is 0. The van der Waals surface area contributed by atoms with Crippen LogP contribution < -0.4 is 0 Å². The van der Waals surface area contributed by atoms with Gasteiger partial charge in [-0.25, -0.2) is 4.79 Å². The summed E-state index contributed by atoms with van der Waals surface area (Å²) in [6.07, 6.45) is 4.54. The van der Waals surface area contributed by atoms with Gasteiger partial charge in [-0.05, 0) is 19.3 Å². The molecule has 1 rings (SSSR count). The summed E-state index contributed by atoms with van der Waals surface area (Å²) in [4.78, 5) is 21.2. The Labute approximate surface area is 103 Å². The fraction of sp³-hybridized carbons (Fsp3) is 0.800. The van der Waals surface area contributed by atoms with E-state index in [1.807, 2.05) is 21.6 Å². The number of hydrogen-bond acceptors (Lipinski definition) is 5. The number of rotatable bonds is 7. The van der Waals surface area contributed by atoms with Crippen LogP contribution in [-0.2, 0) is 14.3 Å². The van der Waals surface area contributed by atoms with Crippen LogP contribution >= 0.6 is 21.6 Å². The van der Waals surface area contributed by atoms with Gasteiger partial charge >= 0.3 is 11.9 Å². The van der Waals surface area contributed by atoms with Crippen molar-refractivity contribution in [3.05, 3.63) is 0 Å². The van der Waals surface area contributed by atoms with Crippen molar-refractivity contribution in [3.63, 3.8) is 0 Å². The molecule has 0 aromatic rings. The summed E-state index contributed by atoms with van der Waals surface area (Å²) in [5.41, 5.74) is 0. The molecular weight excluding hydrogens is 248 g/mol. The van der Waals surface area contributed by atoms with Crippen molar-refractivity contribution < 1.29 is 19.4 Å². The topological polar surface area (TPSA) is 63.6 Å². The molecule has 0 amide bonds. The van der Waals surface area contributed by atoms with Gasteiger partial charge in [-0.1, -0.05) is 28.0 Å². The lowest BCUT2D eigenvalue weighted by Gasteiger charge is -2.06. The molecule has 16 heavy (non-hydrogen) atoms. The van der Waals surface area contributed by atoms with E-state index in [4.69, 9.17) is 5.11 Å². The minimum absolute atomic E-state index is 0.331. The van der Waals surface area contributed by atoms with Crippen LogP contribution in [-0.4, -0.2) is 34.7 Å². The lowest BCUT2D eigenvalue weighted by Crippen LogP contribution is -2.12. The molecule has 0 aromatic carbocycles. The van der Waals surface area contributed by atoms with E-state index >= 15 is 0 Å². The molecule has 1 atom stereocenters. The lowest BCUT2D eigenvalue weighted by atomic mass is 10.1. The van der Waals surface area contributed by atoms with Gasteiger partial charge in [-0.2, -0.15) is 0 Å². The van der Waals surface area contributed by atoms with E-state index in [2.05, 4.69) is 4.74 Å². The highest BCUT2D eigenvalue weighted by molar-refractivity contribution is 8.77. The van der Waals surface area contributed by atoms with Gasteiger partial charge < -0.3 is 9.84 Å². The Kier molecular flexibility index (Phi) is 6.71. The Bertz CT molecular complexity index is 239. The molecule has 0 saturated carbocycles. The highest BCUT2D eigenvalue weighted by Gasteiger charge is 2.16. The van der Waals surface area contributed by atoms with Crippen LogP contribution in [0.15, 0.2) is 0 Å². The quantitative estimate of drug-likeness (QED) is 0.432. The summed E-state index contributed by atoms with van der Waals surface area (Å²) < 4.78 is 4.53. The van der Waals surface area contributed by atoms with Crippen molar-refractivity contribution in [3.8, 4) is 0 Å². The fourth-order valence-electron chi connectivity index (χ4n) is 1.42. The van der Waals surface area contributed by atoms with Gasteiger partial charge in [0.05, 0.1) is 0 Å². The van der Waals surface area contributed by atoms with E-state index in [0.29, 0.717) is 6.42 Å². The van der Waals surface area contributed by atoms with Crippen LogP contribution in [0, 0.1) is 0 Å². The molecule has 1 heterocycles. The van der Waals surface area contributed by atoms with Crippen molar-refractivity contribution in [2.24, 2.45) is 0 Å². The SMILES string of the molecule is O=C(O)COC(=O)CCCCC1CCSS1. The lowest BCUT2D eigenvalue weighted by molar-refractivity contribution is -0.155. The van der Waals surface area contributed by atoms with Gasteiger partial charge in [0.15, 0.2) is 6.61 Å². The van der Waals surface area contributed by atoms with Gasteiger partial charge in [0.25, 0.3) is 0 Å². The summed E-state index contributed by atoms with van der Waals surface area (Å²) in [6.45, 7) is -0.520. The molecule has 92 valence electrons. The Hall–Kier alpha value is -0.360. The number of carboxylic acids is 1. The van der Waals surface area contributed by atoms with Crippen LogP contribution in [0.25, 0.3) is 0 Å². The number of esters is 1. The van der Waals surface area contributed by atoms with Gasteiger partial charge in [-0.3, -0.25) is 4.79 Å². The van der Waals surface area contributed by atoms with Gasteiger partial charge in [0, 0.05) is 17.4 Å². The maximum Gasteiger partial charge on any atom is 0.341 e. The van der Waals surface area contributed by atoms with Crippen molar-refractivity contribution in [1.82, 2.24) is 0 Å². The number of carbonyl (C=O) groups excluding carboxylic acids is 1. The largest absolute Gasteiger partial charge is 0.479 e. The minimum atomic E-state index is -1.10. The molecule has 1 saturated heterocycles. The van der Waals surface area contributed by atoms with Crippen LogP contribution in [0.4, 0.5) is 0 Å². The van der Waals surface area contributed by atoms with Crippen molar-refractivity contribution in [2.45, 2.75) is 37.4 Å². The summed E-state index contributed by atoms with van der Waals surface area (Å²) in [5.74, 6) is -0.278. The average Bonchev–Trinajstić information content (AvgIpc) is 2.74. The maximum absolute atomic E-state index is 11.0. The first kappa shape index (κ1) is 13.7. The van der Waals surface area contributed by atoms with Gasteiger partial charge in [0.2, 0.25) is 0 Å². The first-order valence-corrected chi connectivity index (χ1v) is 7.72. The van der Waals surface area contributed by atoms with E-state index < -0.39 is 18.5 Å². The molecule has 0 radical (unpaired) electrons. The van der Waals surface area contributed by atoms with Crippen LogP contribution in [0.5, 0.6) is 0 Å². The fourth-order valence-corrected chi connectivity index (χ4v) is 4.45. The summed E-state index contributed by atoms with van der Waals surface area (Å²) in [7, 11) is 3.86. The third-order valence-corrected chi connectivity index (χ3v) is 5.25. The monoisotopic (exact) mass is 264 g/mol. The molecule has 0 bridgehead atoms. The molecular formula is C10H16O4S2. The first-order chi connectivity index (χ1) is 7.68. The Morgan fingerprint density at radius 1 is 1.38 bits per heavy atom. The number of carbonyl (C=O) groups is 2. The predicted octanol–water partition coefficient (Wildman–Crippen LogP) is 2.33. The van der Waals surface area contributed by atoms with Gasteiger partial charge in [0.1, 0.15) is 0 Å². The summed E-state index contributed by atoms with van der Waals surface area (Å²) in [6, 6.07) is 0. The molecule has 0 aliphatic carbocycles. The molecule has 1 aliphatic rings. The maximum atomic E-state index is 11.0. The zero-order valence-corrected chi connectivity index (χ0v) is 10.6. The third kappa shape index (κ3) is 6.27. The molecule has 4 nitrogen and oxygen atoms in total. The molecule has 1 unspecified atom stereocenters. The first-order valence-electron chi connectivity index (χ1n) is 5.34. The molecule has 0 aromatic heterocycles. The van der Waals surface area contributed by atoms with Crippen molar-refractivity contribution >= 4 is 33.5 Å². The normalized spacial score (nSPS) is 19.6. The molecule has 1 fully saturated rings. The zero-order valence-electron chi connectivity index (χ0n) is 9.02. The van der Waals surface area contributed by atoms with Crippen LogP contribution in [0.3, 0.4) is 0 Å². The van der Waals surface area contributed by atoms with Crippen LogP contribution in [0.2, 0.25) is 0 Å². The Morgan fingerprint density at radius 3 is 2.81 bits per heavy atom. The second-order valence-corrected chi connectivity index (χ2v) is 6.42. The second kappa shape index (κ2) is 7.84. The van der Waals surface area contributed by atoms with E-state index in [9.17, 15) is 9.59 Å². The third-order valence-electron chi connectivity index (χ3n) is 2.24. The zero-order chi connectivity index (χ0) is 11.8. The number of aliphatic carboxylic acids is 1. The molecule has 6 heteroatoms. The number of ether oxygens (including phenoxy) is 1. The van der Waals surface area contributed by atoms with E-state index in [1.165, 1.54) is 12.2 Å². The average molecular weight is 264 g/mol. The number of hydrogen-bond donors (Lipinski definition) is 1. The molecule has 1 N–H and O–H groups in total. The van der Waals surface area contributed by atoms with Crippen LogP contribution in [0.1, 0.15) is 32.1 Å². The molecule has 0 spiro atoms. The van der Waals surface area contributed by atoms with E-state index in [1.54, 1.807) is 0 Å². The number of carboxylic acid groups (broad SMARTS) is 1. The Balaban J connectivity index is 1.93. The smallest absolute Gasteiger partial charge is 0.341 e. The van der Waals surface area contributed by atoms with E-state index in [0.717, 1.165) is 24.5 Å². The molecule has 1 aliphatic heterocycles. The number of unbranched alkanes of at least 4 members (excludes halogenated alkanes) is 1. The summed E-state index contributed by atoms with van der Waals surface area (Å²) in [5, 5.41) is 9.03. The van der Waals surface area contributed by atoms with E-state index in [-0.39, 0.29) is 0 Å². The predicted molar refractivity (Wildman–Crippen MR) is 65.5 cm³/mol. The standard InChI is InChI=1S/C10H16O4S2/c11-9(12)7-14-10(13)4-2-1-3-8-5-6-15-16-8/h8H,1-7H2,(H,11,12). The minimum Gasteiger partial charge on any atom is -0.479 e. The highest BCUT2D eigenvalue weighted by atomic mass is 33.1.